The Bertz CT molecular complexity index is 797. The molecule has 144 valence electrons. The summed E-state index contributed by atoms with van der Waals surface area (Å²) >= 11 is 19.9. The number of halogens is 4. The number of nitrogens with one attached hydrogen (secondary N) is 1. The Labute approximate surface area is 177 Å². The van der Waals surface area contributed by atoms with Crippen LogP contribution < -0.4 is 5.32 Å². The molecule has 0 aromatic heterocycles. The molecule has 3 rings (SSSR count). The van der Waals surface area contributed by atoms with Crippen LogP contribution in [0.25, 0.3) is 0 Å². The van der Waals surface area contributed by atoms with Crippen LogP contribution in [0.1, 0.15) is 22.6 Å². The number of rotatable bonds is 7. The normalized spacial score (nSPS) is 18.6. The van der Waals surface area contributed by atoms with E-state index in [2.05, 4.69) is 5.32 Å². The summed E-state index contributed by atoms with van der Waals surface area (Å²) < 4.78 is 13.7. The van der Waals surface area contributed by atoms with Crippen molar-refractivity contribution in [3.05, 3.63) is 70.0 Å². The van der Waals surface area contributed by atoms with E-state index in [1.165, 1.54) is 17.8 Å². The van der Waals surface area contributed by atoms with E-state index in [0.717, 1.165) is 11.1 Å². The molecular weight excluding hydrogens is 428 g/mol. The summed E-state index contributed by atoms with van der Waals surface area (Å²) in [5, 5.41) is 3.38. The number of hydrogen-bond donors (Lipinski definition) is 1. The van der Waals surface area contributed by atoms with Gasteiger partial charge in [0, 0.05) is 34.6 Å². The van der Waals surface area contributed by atoms with E-state index in [9.17, 15) is 9.18 Å². The zero-order valence-electron chi connectivity index (χ0n) is 14.4. The second-order valence-electron chi connectivity index (χ2n) is 6.41. The quantitative estimate of drug-likeness (QED) is 0.444. The number of carbonyl (C=O) groups is 1. The molecule has 27 heavy (non-hydrogen) atoms. The summed E-state index contributed by atoms with van der Waals surface area (Å²) in [6, 6.07) is 12.6. The van der Waals surface area contributed by atoms with Gasteiger partial charge in [0.05, 0.1) is 5.92 Å². The lowest BCUT2D eigenvalue weighted by molar-refractivity contribution is -0.125. The third-order valence-corrected chi connectivity index (χ3v) is 6.63. The molecule has 7 heteroatoms. The lowest BCUT2D eigenvalue weighted by atomic mass is 9.93. The topological polar surface area (TPSA) is 29.1 Å². The molecular formula is C20H19Cl3FNOS. The van der Waals surface area contributed by atoms with Gasteiger partial charge in [0.1, 0.15) is 10.7 Å². The van der Waals surface area contributed by atoms with Crippen molar-refractivity contribution in [2.45, 2.75) is 22.9 Å². The molecule has 2 nitrogen and oxygen atoms in total. The van der Waals surface area contributed by atoms with Crippen molar-refractivity contribution in [1.82, 2.24) is 5.32 Å². The fourth-order valence-electron chi connectivity index (χ4n) is 3.41. The van der Waals surface area contributed by atoms with E-state index >= 15 is 0 Å². The van der Waals surface area contributed by atoms with Gasteiger partial charge in [-0.3, -0.25) is 4.79 Å². The molecule has 0 spiro atoms. The first-order valence-corrected chi connectivity index (χ1v) is 11.0. The maximum absolute atomic E-state index is 13.7. The molecule has 1 aliphatic rings. The number of hydrogen-bond acceptors (Lipinski definition) is 2. The van der Waals surface area contributed by atoms with E-state index in [0.29, 0.717) is 35.1 Å². The monoisotopic (exact) mass is 445 g/mol. The van der Waals surface area contributed by atoms with Crippen LogP contribution in [0.4, 0.5) is 4.39 Å². The standard InChI is InChI=1S/C20H19Cl3FNOS/c21-16-6-3-7-17(24)15(16)11-27-9-8-25-20(26)14-10-12-4-1-2-5-13(12)18(14)19(22)23/h1-7,14,18-19H,8-11H2,(H,25,26)/t14-,18-/m0/s1. The summed E-state index contributed by atoms with van der Waals surface area (Å²) in [7, 11) is 0. The summed E-state index contributed by atoms with van der Waals surface area (Å²) in [6.07, 6.45) is 0.639. The Balaban J connectivity index is 1.50. The average Bonchev–Trinajstić information content (AvgIpc) is 3.03. The molecule has 0 fully saturated rings. The number of benzene rings is 2. The maximum Gasteiger partial charge on any atom is 0.224 e. The van der Waals surface area contributed by atoms with E-state index in [4.69, 9.17) is 34.8 Å². The molecule has 0 unspecified atom stereocenters. The van der Waals surface area contributed by atoms with Gasteiger partial charge in [0.15, 0.2) is 0 Å². The zero-order valence-corrected chi connectivity index (χ0v) is 17.5. The summed E-state index contributed by atoms with van der Waals surface area (Å²) in [5.74, 6) is 0.298. The summed E-state index contributed by atoms with van der Waals surface area (Å²) in [4.78, 5) is 12.0. The molecule has 1 amide bonds. The summed E-state index contributed by atoms with van der Waals surface area (Å²) in [6.45, 7) is 0.490. The first-order valence-electron chi connectivity index (χ1n) is 8.63. The van der Waals surface area contributed by atoms with Crippen molar-refractivity contribution in [3.8, 4) is 0 Å². The van der Waals surface area contributed by atoms with Crippen LogP contribution in [0.5, 0.6) is 0 Å². The maximum atomic E-state index is 13.7. The van der Waals surface area contributed by atoms with Crippen molar-refractivity contribution in [1.29, 1.82) is 0 Å². The predicted octanol–water partition coefficient (Wildman–Crippen LogP) is 5.59. The molecule has 0 heterocycles. The number of fused-ring (bicyclic) bond motifs is 1. The van der Waals surface area contributed by atoms with Crippen molar-refractivity contribution < 1.29 is 9.18 Å². The van der Waals surface area contributed by atoms with Gasteiger partial charge < -0.3 is 5.32 Å². The SMILES string of the molecule is O=C(NCCSCc1c(F)cccc1Cl)[C@H]1Cc2ccccc2[C@@H]1C(Cl)Cl. The van der Waals surface area contributed by atoms with Crippen LogP contribution in [0.2, 0.25) is 5.02 Å². The van der Waals surface area contributed by atoms with Crippen LogP contribution in [-0.2, 0) is 17.0 Å². The van der Waals surface area contributed by atoms with Crippen LogP contribution in [0, 0.1) is 11.7 Å². The van der Waals surface area contributed by atoms with Crippen molar-refractivity contribution in [2.75, 3.05) is 12.3 Å². The van der Waals surface area contributed by atoms with Gasteiger partial charge in [-0.15, -0.1) is 23.2 Å². The average molecular weight is 447 g/mol. The van der Waals surface area contributed by atoms with Gasteiger partial charge in [0.2, 0.25) is 5.91 Å². The predicted molar refractivity (Wildman–Crippen MR) is 112 cm³/mol. The molecule has 2 aromatic carbocycles. The van der Waals surface area contributed by atoms with Gasteiger partial charge in [0.25, 0.3) is 0 Å². The van der Waals surface area contributed by atoms with Crippen LogP contribution in [0.15, 0.2) is 42.5 Å². The molecule has 0 saturated carbocycles. The van der Waals surface area contributed by atoms with Crippen molar-refractivity contribution in [2.24, 2.45) is 5.92 Å². The molecule has 0 saturated heterocycles. The largest absolute Gasteiger partial charge is 0.355 e. The smallest absolute Gasteiger partial charge is 0.224 e. The molecule has 1 N–H and O–H groups in total. The number of alkyl halides is 2. The first kappa shape index (κ1) is 20.8. The van der Waals surface area contributed by atoms with Gasteiger partial charge in [-0.25, -0.2) is 4.39 Å². The van der Waals surface area contributed by atoms with E-state index in [1.54, 1.807) is 12.1 Å². The third kappa shape index (κ3) is 4.92. The van der Waals surface area contributed by atoms with Gasteiger partial charge in [-0.2, -0.15) is 11.8 Å². The lowest BCUT2D eigenvalue weighted by Gasteiger charge is -2.21. The molecule has 1 aliphatic carbocycles. The zero-order chi connectivity index (χ0) is 19.4. The molecule has 2 aromatic rings. The van der Waals surface area contributed by atoms with Crippen LogP contribution in [0.3, 0.4) is 0 Å². The minimum Gasteiger partial charge on any atom is -0.355 e. The van der Waals surface area contributed by atoms with Crippen LogP contribution >= 0.6 is 46.6 Å². The molecule has 0 aliphatic heterocycles. The number of amides is 1. The summed E-state index contributed by atoms with van der Waals surface area (Å²) in [5.41, 5.74) is 2.67. The Morgan fingerprint density at radius 2 is 2.00 bits per heavy atom. The highest BCUT2D eigenvalue weighted by atomic mass is 35.5. The van der Waals surface area contributed by atoms with E-state index in [-0.39, 0.29) is 23.6 Å². The molecule has 0 bridgehead atoms. The van der Waals surface area contributed by atoms with Crippen molar-refractivity contribution >= 4 is 52.5 Å². The van der Waals surface area contributed by atoms with Crippen molar-refractivity contribution in [3.63, 3.8) is 0 Å². The van der Waals surface area contributed by atoms with Gasteiger partial charge in [-0.1, -0.05) is 41.9 Å². The fourth-order valence-corrected chi connectivity index (χ4v) is 5.23. The first-order chi connectivity index (χ1) is 13.0. The Hall–Kier alpha value is -0.940. The highest BCUT2D eigenvalue weighted by molar-refractivity contribution is 7.98. The Morgan fingerprint density at radius 3 is 2.74 bits per heavy atom. The molecule has 2 atom stereocenters. The van der Waals surface area contributed by atoms with E-state index < -0.39 is 4.84 Å². The Kier molecular flexibility index (Phi) is 7.32. The second kappa shape index (κ2) is 9.51. The Morgan fingerprint density at radius 1 is 1.22 bits per heavy atom. The van der Waals surface area contributed by atoms with Gasteiger partial charge in [-0.05, 0) is 29.7 Å². The number of thioether (sulfide) groups is 1. The highest BCUT2D eigenvalue weighted by Crippen LogP contribution is 2.43. The minimum absolute atomic E-state index is 0.0491. The van der Waals surface area contributed by atoms with E-state index in [1.807, 2.05) is 24.3 Å². The fraction of sp³-hybridized carbons (Fsp3) is 0.350. The molecule has 0 radical (unpaired) electrons. The van der Waals surface area contributed by atoms with Crippen LogP contribution in [-0.4, -0.2) is 23.0 Å². The second-order valence-corrected chi connectivity index (χ2v) is 9.09. The highest BCUT2D eigenvalue weighted by Gasteiger charge is 2.40. The van der Waals surface area contributed by atoms with Gasteiger partial charge >= 0.3 is 0 Å². The lowest BCUT2D eigenvalue weighted by Crippen LogP contribution is -2.35. The number of carbonyl (C=O) groups excluding carboxylic acids is 1. The minimum atomic E-state index is -0.637. The third-order valence-electron chi connectivity index (χ3n) is 4.75.